The van der Waals surface area contributed by atoms with E-state index in [-0.39, 0.29) is 24.0 Å². The Balaban J connectivity index is 1.89. The lowest BCUT2D eigenvalue weighted by atomic mass is 10.1. The summed E-state index contributed by atoms with van der Waals surface area (Å²) in [5.41, 5.74) is 1.70. The molecule has 2 aliphatic heterocycles. The van der Waals surface area contributed by atoms with Crippen LogP contribution < -0.4 is 9.47 Å². The third-order valence-electron chi connectivity index (χ3n) is 4.04. The van der Waals surface area contributed by atoms with Gasteiger partial charge in [-0.2, -0.15) is 0 Å². The molecule has 26 heavy (non-hydrogen) atoms. The molecule has 2 heterocycles. The maximum atomic E-state index is 12.4. The molecule has 1 aromatic rings. The Morgan fingerprint density at radius 2 is 2.23 bits per heavy atom. The molecular weight excluding hydrogens is 358 g/mol. The predicted octanol–water partition coefficient (Wildman–Crippen LogP) is 2.92. The SMILES string of the molecule is CCOc1cc2c(cc1/C=C1\SC(=O)N(CCC(=O)O)C1=O)OC(C)C2. The van der Waals surface area contributed by atoms with Gasteiger partial charge in [-0.15, -0.1) is 0 Å². The van der Waals surface area contributed by atoms with E-state index in [0.29, 0.717) is 17.9 Å². The monoisotopic (exact) mass is 377 g/mol. The topological polar surface area (TPSA) is 93.1 Å². The van der Waals surface area contributed by atoms with Crippen LogP contribution >= 0.6 is 11.8 Å². The molecule has 0 saturated carbocycles. The van der Waals surface area contributed by atoms with Crippen LogP contribution in [0.25, 0.3) is 6.08 Å². The predicted molar refractivity (Wildman–Crippen MR) is 96.3 cm³/mol. The number of rotatable bonds is 6. The Morgan fingerprint density at radius 1 is 1.46 bits per heavy atom. The first kappa shape index (κ1) is 18.3. The molecule has 1 unspecified atom stereocenters. The van der Waals surface area contributed by atoms with Crippen molar-refractivity contribution in [3.8, 4) is 11.5 Å². The molecule has 7 nitrogen and oxygen atoms in total. The zero-order valence-electron chi connectivity index (χ0n) is 14.5. The summed E-state index contributed by atoms with van der Waals surface area (Å²) in [6, 6.07) is 3.72. The molecule has 0 aliphatic carbocycles. The third kappa shape index (κ3) is 3.70. The van der Waals surface area contributed by atoms with Crippen molar-refractivity contribution >= 4 is 35.0 Å². The van der Waals surface area contributed by atoms with E-state index in [4.69, 9.17) is 14.6 Å². The van der Waals surface area contributed by atoms with Gasteiger partial charge in [-0.3, -0.25) is 19.3 Å². The molecule has 2 amide bonds. The highest BCUT2D eigenvalue weighted by Gasteiger charge is 2.35. The molecule has 1 N–H and O–H groups in total. The summed E-state index contributed by atoms with van der Waals surface area (Å²) < 4.78 is 11.4. The minimum absolute atomic E-state index is 0.0814. The highest BCUT2D eigenvalue weighted by atomic mass is 32.2. The van der Waals surface area contributed by atoms with Gasteiger partial charge in [0.05, 0.1) is 17.9 Å². The number of hydrogen-bond acceptors (Lipinski definition) is 6. The van der Waals surface area contributed by atoms with Crippen LogP contribution in [0.3, 0.4) is 0 Å². The van der Waals surface area contributed by atoms with E-state index in [1.54, 1.807) is 6.08 Å². The average molecular weight is 377 g/mol. The van der Waals surface area contributed by atoms with E-state index < -0.39 is 17.1 Å². The number of hydrogen-bond donors (Lipinski definition) is 1. The van der Waals surface area contributed by atoms with Gasteiger partial charge in [-0.05, 0) is 43.8 Å². The van der Waals surface area contributed by atoms with Gasteiger partial charge in [-0.1, -0.05) is 0 Å². The Bertz CT molecular complexity index is 803. The fraction of sp³-hybridized carbons (Fsp3) is 0.389. The third-order valence-corrected chi connectivity index (χ3v) is 4.95. The van der Waals surface area contributed by atoms with Crippen LogP contribution in [0.4, 0.5) is 4.79 Å². The van der Waals surface area contributed by atoms with Crippen molar-refractivity contribution < 1.29 is 29.0 Å². The Labute approximate surface area is 154 Å². The van der Waals surface area contributed by atoms with E-state index >= 15 is 0 Å². The highest BCUT2D eigenvalue weighted by molar-refractivity contribution is 8.18. The number of carbonyl (C=O) groups excluding carboxylic acids is 2. The quantitative estimate of drug-likeness (QED) is 0.762. The van der Waals surface area contributed by atoms with Crippen LogP contribution in [0.1, 0.15) is 31.4 Å². The summed E-state index contributed by atoms with van der Waals surface area (Å²) in [6.07, 6.45) is 2.20. The summed E-state index contributed by atoms with van der Waals surface area (Å²) in [6.45, 7) is 4.18. The van der Waals surface area contributed by atoms with Crippen molar-refractivity contribution in [3.63, 3.8) is 0 Å². The lowest BCUT2D eigenvalue weighted by Crippen LogP contribution is -2.30. The van der Waals surface area contributed by atoms with Crippen molar-refractivity contribution in [1.29, 1.82) is 0 Å². The fourth-order valence-electron chi connectivity index (χ4n) is 2.89. The first-order valence-corrected chi connectivity index (χ1v) is 9.14. The van der Waals surface area contributed by atoms with Crippen LogP contribution in [-0.4, -0.2) is 46.4 Å². The van der Waals surface area contributed by atoms with Gasteiger partial charge in [0.2, 0.25) is 0 Å². The summed E-state index contributed by atoms with van der Waals surface area (Å²) in [5, 5.41) is 8.29. The van der Waals surface area contributed by atoms with E-state index in [1.807, 2.05) is 26.0 Å². The number of ether oxygens (including phenoxy) is 2. The lowest BCUT2D eigenvalue weighted by Gasteiger charge is -2.11. The smallest absolute Gasteiger partial charge is 0.305 e. The first-order valence-electron chi connectivity index (χ1n) is 8.32. The van der Waals surface area contributed by atoms with Gasteiger partial charge in [-0.25, -0.2) is 0 Å². The van der Waals surface area contributed by atoms with Crippen molar-refractivity contribution in [1.82, 2.24) is 4.90 Å². The molecule has 8 heteroatoms. The van der Waals surface area contributed by atoms with Gasteiger partial charge in [0.25, 0.3) is 11.1 Å². The Kier molecular flexibility index (Phi) is 5.22. The molecule has 0 spiro atoms. The summed E-state index contributed by atoms with van der Waals surface area (Å²) in [5.74, 6) is -0.173. The molecular formula is C18H19NO6S. The molecule has 1 saturated heterocycles. The van der Waals surface area contributed by atoms with Crippen LogP contribution in [0.5, 0.6) is 11.5 Å². The number of fused-ring (bicyclic) bond motifs is 1. The standard InChI is InChI=1S/C18H19NO6S/c1-3-24-13-7-11-6-10(2)25-14(11)8-12(13)9-15-17(22)19(18(23)26-15)5-4-16(20)21/h7-10H,3-6H2,1-2H3,(H,20,21)/b15-9-. The highest BCUT2D eigenvalue weighted by Crippen LogP contribution is 2.39. The molecule has 2 aliphatic rings. The van der Waals surface area contributed by atoms with Gasteiger partial charge >= 0.3 is 5.97 Å². The second-order valence-corrected chi connectivity index (χ2v) is 7.03. The number of nitrogens with zero attached hydrogens (tertiary/aromatic N) is 1. The normalized spacial score (nSPS) is 20.5. The van der Waals surface area contributed by atoms with E-state index in [2.05, 4.69) is 0 Å². The average Bonchev–Trinajstić information content (AvgIpc) is 3.05. The van der Waals surface area contributed by atoms with Crippen LogP contribution in [0, 0.1) is 0 Å². The zero-order chi connectivity index (χ0) is 18.8. The molecule has 1 aromatic carbocycles. The second-order valence-electron chi connectivity index (χ2n) is 6.04. The van der Waals surface area contributed by atoms with Crippen molar-refractivity contribution in [2.24, 2.45) is 0 Å². The number of thioether (sulfide) groups is 1. The Hall–Kier alpha value is -2.48. The number of carboxylic acids is 1. The molecule has 138 valence electrons. The van der Waals surface area contributed by atoms with Gasteiger partial charge < -0.3 is 14.6 Å². The number of imide groups is 1. The van der Waals surface area contributed by atoms with Crippen molar-refractivity contribution in [2.45, 2.75) is 32.8 Å². The maximum Gasteiger partial charge on any atom is 0.305 e. The molecule has 1 atom stereocenters. The van der Waals surface area contributed by atoms with Crippen molar-refractivity contribution in [3.05, 3.63) is 28.2 Å². The molecule has 0 aromatic heterocycles. The lowest BCUT2D eigenvalue weighted by molar-refractivity contribution is -0.137. The van der Waals surface area contributed by atoms with Crippen LogP contribution in [-0.2, 0) is 16.0 Å². The van der Waals surface area contributed by atoms with Gasteiger partial charge in [0, 0.05) is 24.1 Å². The molecule has 0 radical (unpaired) electrons. The zero-order valence-corrected chi connectivity index (χ0v) is 15.3. The van der Waals surface area contributed by atoms with Crippen molar-refractivity contribution in [2.75, 3.05) is 13.2 Å². The summed E-state index contributed by atoms with van der Waals surface area (Å²) >= 11 is 0.798. The molecule has 3 rings (SSSR count). The summed E-state index contributed by atoms with van der Waals surface area (Å²) in [4.78, 5) is 36.3. The second kappa shape index (κ2) is 7.41. The number of amides is 2. The van der Waals surface area contributed by atoms with Gasteiger partial charge in [0.15, 0.2) is 0 Å². The maximum absolute atomic E-state index is 12.4. The van der Waals surface area contributed by atoms with E-state index in [0.717, 1.165) is 34.4 Å². The largest absolute Gasteiger partial charge is 0.493 e. The number of carboxylic acid groups (broad SMARTS) is 1. The Morgan fingerprint density at radius 3 is 2.92 bits per heavy atom. The summed E-state index contributed by atoms with van der Waals surface area (Å²) in [7, 11) is 0. The van der Waals surface area contributed by atoms with Gasteiger partial charge in [0.1, 0.15) is 17.6 Å². The minimum Gasteiger partial charge on any atom is -0.493 e. The van der Waals surface area contributed by atoms with Crippen LogP contribution in [0.2, 0.25) is 0 Å². The number of benzene rings is 1. The first-order chi connectivity index (χ1) is 12.4. The molecule has 1 fully saturated rings. The molecule has 0 bridgehead atoms. The fourth-order valence-corrected chi connectivity index (χ4v) is 3.75. The van der Waals surface area contributed by atoms with Crippen LogP contribution in [0.15, 0.2) is 17.0 Å². The number of carbonyl (C=O) groups is 3. The van der Waals surface area contributed by atoms with E-state index in [1.165, 1.54) is 0 Å². The van der Waals surface area contributed by atoms with E-state index in [9.17, 15) is 14.4 Å². The number of aliphatic carboxylic acids is 1. The minimum atomic E-state index is -1.06.